The van der Waals surface area contributed by atoms with Crippen molar-refractivity contribution in [2.24, 2.45) is 0 Å². The second-order valence-electron chi connectivity index (χ2n) is 21.3. The van der Waals surface area contributed by atoms with Crippen LogP contribution in [0.1, 0.15) is 258 Å². The minimum atomic E-state index is -4.34. The molecule has 9 heteroatoms. The average Bonchev–Trinajstić information content (AvgIpc) is 3.34. The average molecular weight is 1030 g/mol. The van der Waals surface area contributed by atoms with Gasteiger partial charge in [0.2, 0.25) is 5.91 Å². The molecule has 72 heavy (non-hydrogen) atoms. The molecule has 3 unspecified atom stereocenters. The predicted molar refractivity (Wildman–Crippen MR) is 313 cm³/mol. The molecule has 0 aliphatic carbocycles. The molecular weight excluding hydrogens is 912 g/mol. The monoisotopic (exact) mass is 1030 g/mol. The molecule has 0 aliphatic rings. The van der Waals surface area contributed by atoms with Crippen molar-refractivity contribution in [3.05, 3.63) is 85.1 Å². The molecule has 0 bridgehead atoms. The Morgan fingerprint density at radius 3 is 1.22 bits per heavy atom. The summed E-state index contributed by atoms with van der Waals surface area (Å²) in [6.45, 7) is 4.77. The van der Waals surface area contributed by atoms with Gasteiger partial charge in [-0.3, -0.25) is 13.8 Å². The minimum Gasteiger partial charge on any atom is -0.391 e. The molecule has 0 spiro atoms. The van der Waals surface area contributed by atoms with Crippen molar-refractivity contribution in [1.29, 1.82) is 0 Å². The third-order valence-corrected chi connectivity index (χ3v) is 14.1. The fourth-order valence-electron chi connectivity index (χ4n) is 8.50. The summed E-state index contributed by atoms with van der Waals surface area (Å²) in [5.41, 5.74) is 0. The molecule has 0 aliphatic heterocycles. The van der Waals surface area contributed by atoms with E-state index in [2.05, 4.69) is 104 Å². The highest BCUT2D eigenvalue weighted by Crippen LogP contribution is 2.43. The lowest BCUT2D eigenvalue weighted by Crippen LogP contribution is -2.46. The Morgan fingerprint density at radius 1 is 0.486 bits per heavy atom. The van der Waals surface area contributed by atoms with E-state index in [9.17, 15) is 19.4 Å². The Labute approximate surface area is 446 Å². The minimum absolute atomic E-state index is 0.0664. The summed E-state index contributed by atoms with van der Waals surface area (Å²) in [6, 6.07) is -0.778. The summed E-state index contributed by atoms with van der Waals surface area (Å²) in [5.74, 6) is -0.164. The number of likely N-dealkylation sites (N-methyl/N-ethyl adjacent to an activating group) is 1. The molecule has 0 saturated carbocycles. The van der Waals surface area contributed by atoms with Crippen LogP contribution in [0.25, 0.3) is 0 Å². The first kappa shape index (κ1) is 69.7. The largest absolute Gasteiger partial charge is 0.472 e. The van der Waals surface area contributed by atoms with Gasteiger partial charge in [0.25, 0.3) is 0 Å². The molecule has 0 radical (unpaired) electrons. The number of phosphoric acid groups is 1. The van der Waals surface area contributed by atoms with E-state index in [0.717, 1.165) is 103 Å². The molecule has 0 heterocycles. The first-order valence-electron chi connectivity index (χ1n) is 30.0. The molecule has 3 N–H and O–H groups in total. The van der Waals surface area contributed by atoms with E-state index in [-0.39, 0.29) is 19.1 Å². The van der Waals surface area contributed by atoms with Gasteiger partial charge in [0, 0.05) is 6.42 Å². The Morgan fingerprint density at radius 2 is 0.833 bits per heavy atom. The predicted octanol–water partition coefficient (Wildman–Crippen LogP) is 18.4. The molecule has 0 aromatic heterocycles. The number of amides is 1. The Bertz CT molecular complexity index is 1450. The molecule has 0 aromatic rings. The third kappa shape index (κ3) is 55.4. The first-order valence-corrected chi connectivity index (χ1v) is 31.4. The summed E-state index contributed by atoms with van der Waals surface area (Å²) < 4.78 is 23.8. The Hall–Kier alpha value is -2.32. The zero-order valence-corrected chi connectivity index (χ0v) is 48.5. The Kier molecular flexibility index (Phi) is 51.8. The number of hydrogen-bond acceptors (Lipinski definition) is 5. The lowest BCUT2D eigenvalue weighted by Gasteiger charge is -2.26. The van der Waals surface area contributed by atoms with E-state index < -0.39 is 20.0 Å². The highest BCUT2D eigenvalue weighted by Gasteiger charge is 2.28. The number of phosphoric ester groups is 1. The quantitative estimate of drug-likeness (QED) is 0.0243. The van der Waals surface area contributed by atoms with Gasteiger partial charge in [-0.25, -0.2) is 4.57 Å². The molecule has 1 amide bonds. The van der Waals surface area contributed by atoms with E-state index in [1.807, 2.05) is 21.1 Å². The van der Waals surface area contributed by atoms with E-state index in [4.69, 9.17) is 9.05 Å². The first-order chi connectivity index (χ1) is 35.0. The lowest BCUT2D eigenvalue weighted by atomic mass is 10.0. The number of allylic oxidation sites excluding steroid dienone is 14. The molecule has 0 rings (SSSR count). The second kappa shape index (κ2) is 53.5. The highest BCUT2D eigenvalue weighted by atomic mass is 31.2. The van der Waals surface area contributed by atoms with Crippen molar-refractivity contribution in [3.63, 3.8) is 0 Å². The fourth-order valence-corrected chi connectivity index (χ4v) is 9.23. The van der Waals surface area contributed by atoms with E-state index in [0.29, 0.717) is 23.9 Å². The van der Waals surface area contributed by atoms with Gasteiger partial charge in [-0.1, -0.05) is 266 Å². The van der Waals surface area contributed by atoms with Gasteiger partial charge in [0.05, 0.1) is 39.9 Å². The summed E-state index contributed by atoms with van der Waals surface area (Å²) >= 11 is 0. The number of carbonyl (C=O) groups excluding carboxylic acids is 1. The normalized spacial score (nSPS) is 14.5. The van der Waals surface area contributed by atoms with E-state index in [1.54, 1.807) is 0 Å². The third-order valence-electron chi connectivity index (χ3n) is 13.2. The van der Waals surface area contributed by atoms with Crippen molar-refractivity contribution in [2.75, 3.05) is 40.9 Å². The van der Waals surface area contributed by atoms with Crippen LogP contribution in [-0.4, -0.2) is 73.4 Å². The van der Waals surface area contributed by atoms with Crippen LogP contribution in [0.3, 0.4) is 0 Å². The molecule has 0 saturated heterocycles. The number of hydrogen-bond donors (Lipinski definition) is 3. The van der Waals surface area contributed by atoms with Crippen LogP contribution < -0.4 is 5.32 Å². The van der Waals surface area contributed by atoms with Gasteiger partial charge in [0.1, 0.15) is 13.2 Å². The number of quaternary nitrogens is 1. The Balaban J connectivity index is 4.23. The number of aliphatic hydroxyl groups is 1. The number of unbranched alkanes of at least 4 members (excludes halogenated alkanes) is 27. The highest BCUT2D eigenvalue weighted by molar-refractivity contribution is 7.47. The summed E-state index contributed by atoms with van der Waals surface area (Å²) in [6.07, 6.45) is 75.0. The summed E-state index contributed by atoms with van der Waals surface area (Å²) in [5, 5.41) is 14.1. The second-order valence-corrected chi connectivity index (χ2v) is 22.8. The zero-order valence-electron chi connectivity index (χ0n) is 47.7. The van der Waals surface area contributed by atoms with Crippen molar-refractivity contribution in [1.82, 2.24) is 5.32 Å². The van der Waals surface area contributed by atoms with Crippen LogP contribution in [0.2, 0.25) is 0 Å². The topological polar surface area (TPSA) is 105 Å². The molecule has 0 aromatic carbocycles. The van der Waals surface area contributed by atoms with E-state index >= 15 is 0 Å². The molecule has 8 nitrogen and oxygen atoms in total. The van der Waals surface area contributed by atoms with Gasteiger partial charge in [-0.15, -0.1) is 0 Å². The van der Waals surface area contributed by atoms with Crippen molar-refractivity contribution >= 4 is 13.7 Å². The van der Waals surface area contributed by atoms with Gasteiger partial charge >= 0.3 is 7.82 Å². The molecule has 3 atom stereocenters. The van der Waals surface area contributed by atoms with Crippen LogP contribution in [0.5, 0.6) is 0 Å². The number of nitrogens with one attached hydrogen (secondary N) is 1. The van der Waals surface area contributed by atoms with Crippen molar-refractivity contribution in [2.45, 2.75) is 270 Å². The summed E-state index contributed by atoms with van der Waals surface area (Å²) in [4.78, 5) is 23.4. The van der Waals surface area contributed by atoms with E-state index in [1.165, 1.54) is 128 Å². The molecule has 0 fully saturated rings. The van der Waals surface area contributed by atoms with Crippen LogP contribution >= 0.6 is 7.82 Å². The summed E-state index contributed by atoms with van der Waals surface area (Å²) in [7, 11) is 1.59. The van der Waals surface area contributed by atoms with Crippen LogP contribution in [0, 0.1) is 0 Å². The SMILES string of the molecule is CC/C=C\C/C=C\C/C=C\C/C=C\C/C=C\C/C=C\C/C=C\CCCCCCCC(=O)NC(COP(=O)(O)OCC[N+](C)(C)C)C(O)CCCCCCCCCCCCCCCCCCCCCCCCC. The lowest BCUT2D eigenvalue weighted by molar-refractivity contribution is -0.870. The molecule has 418 valence electrons. The maximum atomic E-state index is 13.0. The number of rotatable bonds is 54. The smallest absolute Gasteiger partial charge is 0.391 e. The maximum Gasteiger partial charge on any atom is 0.472 e. The number of carbonyl (C=O) groups is 1. The molecular formula is C63H116N2O6P+. The van der Waals surface area contributed by atoms with Crippen molar-refractivity contribution < 1.29 is 32.9 Å². The van der Waals surface area contributed by atoms with Gasteiger partial charge in [0.15, 0.2) is 0 Å². The van der Waals surface area contributed by atoms with Crippen LogP contribution in [0.4, 0.5) is 0 Å². The van der Waals surface area contributed by atoms with Gasteiger partial charge in [-0.05, 0) is 70.6 Å². The van der Waals surface area contributed by atoms with Gasteiger partial charge < -0.3 is 19.8 Å². The van der Waals surface area contributed by atoms with Crippen molar-refractivity contribution in [3.8, 4) is 0 Å². The number of nitrogens with zero attached hydrogens (tertiary/aromatic N) is 1. The van der Waals surface area contributed by atoms with Crippen LogP contribution in [0.15, 0.2) is 85.1 Å². The number of aliphatic hydroxyl groups excluding tert-OH is 1. The van der Waals surface area contributed by atoms with Crippen LogP contribution in [-0.2, 0) is 18.4 Å². The standard InChI is InChI=1S/C63H115N2O6P/c1-6-8-10-12-14-16-18-20-22-24-26-28-30-31-32-33-35-37-39-41-43-45-47-49-51-53-55-57-63(67)64-61(60-71-72(68,69)70-59-58-65(3,4)5)62(66)56-54-52-50-48-46-44-42-40-38-36-34-29-27-25-23-21-19-17-15-13-11-9-7-2/h8,10,14,16,20,22,26,28,31-32,35,37,41,43,61-62,66H,6-7,9,11-13,15,17-19,21,23-25,27,29-30,33-34,36,38-40,42,44-60H2,1-5H3,(H-,64,67,68,69)/p+1/b10-8-,16-14-,22-20-,28-26-,32-31-,37-35-,43-41-. The maximum absolute atomic E-state index is 13.0. The zero-order chi connectivity index (χ0) is 52.7. The van der Waals surface area contributed by atoms with Gasteiger partial charge in [-0.2, -0.15) is 0 Å². The fraction of sp³-hybridized carbons (Fsp3) is 0.762.